The summed E-state index contributed by atoms with van der Waals surface area (Å²) in [5.74, 6) is 0.654. The van der Waals surface area contributed by atoms with E-state index in [2.05, 4.69) is 39.0 Å². The maximum Gasteiger partial charge on any atom is -0.0143 e. The summed E-state index contributed by atoms with van der Waals surface area (Å²) in [5.41, 5.74) is 2.86. The third-order valence-electron chi connectivity index (χ3n) is 2.46. The summed E-state index contributed by atoms with van der Waals surface area (Å²) in [6.07, 6.45) is 2.32. The summed E-state index contributed by atoms with van der Waals surface area (Å²) in [6, 6.07) is 9.63. The lowest BCUT2D eigenvalue weighted by Gasteiger charge is -2.12. The molecule has 0 N–H and O–H groups in total. The second-order valence-corrected chi connectivity index (χ2v) is 3.27. The van der Waals surface area contributed by atoms with Gasteiger partial charge in [-0.3, -0.25) is 0 Å². The SMILES string of the molecule is CCc1ccc[c]c1C(C)CC. The summed E-state index contributed by atoms with van der Waals surface area (Å²) in [6.45, 7) is 6.70. The Kier molecular flexibility index (Phi) is 3.33. The van der Waals surface area contributed by atoms with E-state index in [-0.39, 0.29) is 0 Å². The van der Waals surface area contributed by atoms with Gasteiger partial charge in [0.25, 0.3) is 0 Å². The molecule has 0 heteroatoms. The third kappa shape index (κ3) is 1.88. The normalized spacial score (nSPS) is 12.9. The zero-order chi connectivity index (χ0) is 8.97. The van der Waals surface area contributed by atoms with E-state index in [1.54, 1.807) is 0 Å². The molecular weight excluding hydrogens is 144 g/mol. The Balaban J connectivity index is 2.96. The summed E-state index contributed by atoms with van der Waals surface area (Å²) in [4.78, 5) is 0. The van der Waals surface area contributed by atoms with Crippen molar-refractivity contribution in [2.45, 2.75) is 39.5 Å². The van der Waals surface area contributed by atoms with Crippen molar-refractivity contribution < 1.29 is 0 Å². The number of rotatable bonds is 3. The maximum absolute atomic E-state index is 3.34. The van der Waals surface area contributed by atoms with Gasteiger partial charge in [-0.25, -0.2) is 0 Å². The molecule has 0 saturated carbocycles. The topological polar surface area (TPSA) is 0 Å². The van der Waals surface area contributed by atoms with Gasteiger partial charge in [-0.1, -0.05) is 39.0 Å². The molecule has 0 spiro atoms. The fraction of sp³-hybridized carbons (Fsp3) is 0.500. The number of benzene rings is 1. The van der Waals surface area contributed by atoms with Crippen LogP contribution in [0.4, 0.5) is 0 Å². The molecule has 0 fully saturated rings. The van der Waals surface area contributed by atoms with Crippen LogP contribution in [0.25, 0.3) is 0 Å². The van der Waals surface area contributed by atoms with E-state index in [9.17, 15) is 0 Å². The Bertz CT molecular complexity index is 238. The third-order valence-corrected chi connectivity index (χ3v) is 2.46. The highest BCUT2D eigenvalue weighted by atomic mass is 14.1. The Morgan fingerprint density at radius 3 is 2.75 bits per heavy atom. The summed E-state index contributed by atoms with van der Waals surface area (Å²) >= 11 is 0. The first-order chi connectivity index (χ1) is 5.79. The highest BCUT2D eigenvalue weighted by molar-refractivity contribution is 5.28. The van der Waals surface area contributed by atoms with E-state index in [1.807, 2.05) is 6.07 Å². The van der Waals surface area contributed by atoms with Crippen molar-refractivity contribution in [3.63, 3.8) is 0 Å². The van der Waals surface area contributed by atoms with Crippen LogP contribution >= 0.6 is 0 Å². The first-order valence-corrected chi connectivity index (χ1v) is 4.79. The molecule has 0 aliphatic carbocycles. The Hall–Kier alpha value is -0.780. The lowest BCUT2D eigenvalue weighted by Crippen LogP contribution is -1.96. The molecule has 1 aromatic rings. The molecule has 1 aromatic carbocycles. The largest absolute Gasteiger partial charge is 0.0648 e. The van der Waals surface area contributed by atoms with Crippen molar-refractivity contribution in [3.8, 4) is 0 Å². The standard InChI is InChI=1S/C12H17/c1-4-10(3)12-9-7-6-8-11(12)5-2/h6-8,10H,4-5H2,1-3H3. The highest BCUT2D eigenvalue weighted by Gasteiger charge is 2.06. The van der Waals surface area contributed by atoms with Gasteiger partial charge in [0.1, 0.15) is 0 Å². The van der Waals surface area contributed by atoms with Crippen LogP contribution in [0.5, 0.6) is 0 Å². The van der Waals surface area contributed by atoms with Gasteiger partial charge in [0.15, 0.2) is 0 Å². The van der Waals surface area contributed by atoms with Crippen molar-refractivity contribution in [3.05, 3.63) is 35.4 Å². The maximum atomic E-state index is 3.34. The minimum Gasteiger partial charge on any atom is -0.0648 e. The summed E-state index contributed by atoms with van der Waals surface area (Å²) < 4.78 is 0. The lowest BCUT2D eigenvalue weighted by atomic mass is 9.93. The Morgan fingerprint density at radius 1 is 1.42 bits per heavy atom. The second kappa shape index (κ2) is 4.30. The molecule has 1 unspecified atom stereocenters. The van der Waals surface area contributed by atoms with Gasteiger partial charge in [-0.2, -0.15) is 0 Å². The van der Waals surface area contributed by atoms with Gasteiger partial charge < -0.3 is 0 Å². The quantitative estimate of drug-likeness (QED) is 0.636. The summed E-state index contributed by atoms with van der Waals surface area (Å²) in [7, 11) is 0. The van der Waals surface area contributed by atoms with Crippen LogP contribution in [-0.2, 0) is 6.42 Å². The predicted molar refractivity (Wildman–Crippen MR) is 53.4 cm³/mol. The zero-order valence-corrected chi connectivity index (χ0v) is 8.22. The van der Waals surface area contributed by atoms with Crippen LogP contribution in [0.2, 0.25) is 0 Å². The number of aryl methyl sites for hydroxylation is 1. The van der Waals surface area contributed by atoms with Crippen LogP contribution in [0.3, 0.4) is 0 Å². The van der Waals surface area contributed by atoms with E-state index in [1.165, 1.54) is 17.5 Å². The van der Waals surface area contributed by atoms with Crippen molar-refractivity contribution >= 4 is 0 Å². The second-order valence-electron chi connectivity index (χ2n) is 3.27. The molecule has 0 aliphatic heterocycles. The van der Waals surface area contributed by atoms with Gasteiger partial charge >= 0.3 is 0 Å². The molecule has 12 heavy (non-hydrogen) atoms. The molecular formula is C12H17. The minimum atomic E-state index is 0.654. The molecule has 0 aromatic heterocycles. The fourth-order valence-corrected chi connectivity index (χ4v) is 1.46. The fourth-order valence-electron chi connectivity index (χ4n) is 1.46. The molecule has 1 atom stereocenters. The van der Waals surface area contributed by atoms with Crippen molar-refractivity contribution in [1.29, 1.82) is 0 Å². The highest BCUT2D eigenvalue weighted by Crippen LogP contribution is 2.21. The molecule has 0 heterocycles. The van der Waals surface area contributed by atoms with Crippen molar-refractivity contribution in [2.75, 3.05) is 0 Å². The van der Waals surface area contributed by atoms with E-state index >= 15 is 0 Å². The van der Waals surface area contributed by atoms with Gasteiger partial charge in [0, 0.05) is 0 Å². The first-order valence-electron chi connectivity index (χ1n) is 4.79. The van der Waals surface area contributed by atoms with Gasteiger partial charge in [0.2, 0.25) is 0 Å². The first kappa shape index (κ1) is 9.31. The molecule has 0 saturated heterocycles. The van der Waals surface area contributed by atoms with Crippen molar-refractivity contribution in [1.82, 2.24) is 0 Å². The average molecular weight is 161 g/mol. The summed E-state index contributed by atoms with van der Waals surface area (Å²) in [5, 5.41) is 0. The molecule has 1 rings (SSSR count). The zero-order valence-electron chi connectivity index (χ0n) is 8.22. The molecule has 0 nitrogen and oxygen atoms in total. The van der Waals surface area contributed by atoms with E-state index in [4.69, 9.17) is 0 Å². The van der Waals surface area contributed by atoms with Crippen LogP contribution < -0.4 is 0 Å². The van der Waals surface area contributed by atoms with Gasteiger partial charge in [-0.05, 0) is 36.0 Å². The van der Waals surface area contributed by atoms with Crippen molar-refractivity contribution in [2.24, 2.45) is 0 Å². The molecule has 1 radical (unpaired) electrons. The Labute approximate surface area is 75.6 Å². The smallest absolute Gasteiger partial charge is 0.0143 e. The molecule has 0 bridgehead atoms. The molecule has 65 valence electrons. The van der Waals surface area contributed by atoms with Crippen LogP contribution in [0, 0.1) is 6.07 Å². The van der Waals surface area contributed by atoms with Gasteiger partial charge in [0.05, 0.1) is 0 Å². The van der Waals surface area contributed by atoms with E-state index < -0.39 is 0 Å². The van der Waals surface area contributed by atoms with Gasteiger partial charge in [-0.15, -0.1) is 0 Å². The minimum absolute atomic E-state index is 0.654. The van der Waals surface area contributed by atoms with E-state index in [0.29, 0.717) is 5.92 Å². The average Bonchev–Trinajstić information content (AvgIpc) is 2.16. The number of hydrogen-bond acceptors (Lipinski definition) is 0. The lowest BCUT2D eigenvalue weighted by molar-refractivity contribution is 0.722. The van der Waals surface area contributed by atoms with Crippen LogP contribution in [0.1, 0.15) is 44.2 Å². The van der Waals surface area contributed by atoms with Crippen LogP contribution in [-0.4, -0.2) is 0 Å². The number of hydrogen-bond donors (Lipinski definition) is 0. The molecule has 0 amide bonds. The molecule has 0 aliphatic rings. The van der Waals surface area contributed by atoms with Crippen LogP contribution in [0.15, 0.2) is 18.2 Å². The van der Waals surface area contributed by atoms with E-state index in [0.717, 1.165) is 6.42 Å². The monoisotopic (exact) mass is 161 g/mol. The predicted octanol–water partition coefficient (Wildman–Crippen LogP) is 3.56. The Morgan fingerprint density at radius 2 is 2.17 bits per heavy atom.